The number of rotatable bonds is 3. The Hall–Kier alpha value is -1.47. The third-order valence-corrected chi connectivity index (χ3v) is 3.63. The molecule has 94 valence electrons. The fourth-order valence-electron chi connectivity index (χ4n) is 1.93. The number of aryl methyl sites for hydroxylation is 2. The fourth-order valence-corrected chi connectivity index (χ4v) is 2.23. The molecule has 0 aliphatic heterocycles. The molecule has 0 heterocycles. The van der Waals surface area contributed by atoms with Crippen LogP contribution in [0, 0.1) is 20.8 Å². The molecule has 0 saturated carbocycles. The molecule has 0 aliphatic carbocycles. The molecule has 1 N–H and O–H groups in total. The predicted octanol–water partition coefficient (Wildman–Crippen LogP) is 4.88. The number of benzene rings is 2. The Kier molecular flexibility index (Phi) is 3.93. The molecular weight excluding hydrogens is 242 g/mol. The van der Waals surface area contributed by atoms with Crippen molar-refractivity contribution in [3.05, 3.63) is 63.7 Å². The maximum Gasteiger partial charge on any atom is 0.0458 e. The summed E-state index contributed by atoms with van der Waals surface area (Å²) in [6, 6.07) is 12.5. The largest absolute Gasteiger partial charge is 0.381 e. The predicted molar refractivity (Wildman–Crippen MR) is 79.4 cm³/mol. The van der Waals surface area contributed by atoms with Gasteiger partial charge < -0.3 is 5.32 Å². The van der Waals surface area contributed by atoms with E-state index in [9.17, 15) is 0 Å². The van der Waals surface area contributed by atoms with E-state index < -0.39 is 0 Å². The molecule has 0 spiro atoms. The highest BCUT2D eigenvalue weighted by atomic mass is 35.5. The van der Waals surface area contributed by atoms with Crippen LogP contribution in [0.2, 0.25) is 5.02 Å². The maximum absolute atomic E-state index is 6.23. The van der Waals surface area contributed by atoms with Crippen molar-refractivity contribution in [3.63, 3.8) is 0 Å². The molecule has 0 saturated heterocycles. The van der Waals surface area contributed by atoms with Gasteiger partial charge in [-0.15, -0.1) is 0 Å². The van der Waals surface area contributed by atoms with Crippen LogP contribution in [0.1, 0.15) is 22.3 Å². The first-order valence-electron chi connectivity index (χ1n) is 6.13. The van der Waals surface area contributed by atoms with E-state index in [1.54, 1.807) is 0 Å². The second-order valence-corrected chi connectivity index (χ2v) is 5.10. The highest BCUT2D eigenvalue weighted by Crippen LogP contribution is 2.22. The van der Waals surface area contributed by atoms with Crippen molar-refractivity contribution in [2.45, 2.75) is 27.3 Å². The monoisotopic (exact) mass is 259 g/mol. The Bertz CT molecular complexity index is 561. The Balaban J connectivity index is 2.14. The van der Waals surface area contributed by atoms with Crippen LogP contribution in [-0.4, -0.2) is 0 Å². The summed E-state index contributed by atoms with van der Waals surface area (Å²) in [6.07, 6.45) is 0. The molecular formula is C16H18ClN. The molecule has 2 rings (SSSR count). The molecule has 2 aromatic carbocycles. The van der Waals surface area contributed by atoms with Gasteiger partial charge in [-0.25, -0.2) is 0 Å². The van der Waals surface area contributed by atoms with E-state index in [0.29, 0.717) is 0 Å². The van der Waals surface area contributed by atoms with Crippen molar-refractivity contribution in [2.75, 3.05) is 5.32 Å². The van der Waals surface area contributed by atoms with E-state index in [0.717, 1.165) is 17.1 Å². The van der Waals surface area contributed by atoms with Crippen LogP contribution >= 0.6 is 11.6 Å². The van der Waals surface area contributed by atoms with E-state index >= 15 is 0 Å². The van der Waals surface area contributed by atoms with Crippen LogP contribution in [-0.2, 0) is 6.54 Å². The number of nitrogens with one attached hydrogen (secondary N) is 1. The van der Waals surface area contributed by atoms with Crippen LogP contribution in [0.15, 0.2) is 36.4 Å². The van der Waals surface area contributed by atoms with Crippen LogP contribution in [0.3, 0.4) is 0 Å². The van der Waals surface area contributed by atoms with Gasteiger partial charge in [0.1, 0.15) is 0 Å². The third-order valence-electron chi connectivity index (χ3n) is 3.28. The molecule has 0 aliphatic rings. The van der Waals surface area contributed by atoms with Gasteiger partial charge >= 0.3 is 0 Å². The summed E-state index contributed by atoms with van der Waals surface area (Å²) in [4.78, 5) is 0. The summed E-state index contributed by atoms with van der Waals surface area (Å²) in [5, 5.41) is 4.27. The summed E-state index contributed by atoms with van der Waals surface area (Å²) in [5.74, 6) is 0. The first kappa shape index (κ1) is 13.0. The molecule has 0 bridgehead atoms. The maximum atomic E-state index is 6.23. The van der Waals surface area contributed by atoms with Gasteiger partial charge in [0.05, 0.1) is 0 Å². The van der Waals surface area contributed by atoms with Gasteiger partial charge in [-0.2, -0.15) is 0 Å². The molecule has 0 amide bonds. The van der Waals surface area contributed by atoms with E-state index in [4.69, 9.17) is 11.6 Å². The van der Waals surface area contributed by atoms with Gasteiger partial charge in [-0.05, 0) is 55.2 Å². The van der Waals surface area contributed by atoms with Gasteiger partial charge in [-0.3, -0.25) is 0 Å². The topological polar surface area (TPSA) is 12.0 Å². The van der Waals surface area contributed by atoms with Gasteiger partial charge in [0.15, 0.2) is 0 Å². The van der Waals surface area contributed by atoms with Crippen LogP contribution < -0.4 is 5.32 Å². The highest BCUT2D eigenvalue weighted by Gasteiger charge is 2.03. The van der Waals surface area contributed by atoms with Gasteiger partial charge in [0.2, 0.25) is 0 Å². The van der Waals surface area contributed by atoms with Crippen LogP contribution in [0.4, 0.5) is 5.69 Å². The zero-order valence-corrected chi connectivity index (χ0v) is 11.8. The lowest BCUT2D eigenvalue weighted by atomic mass is 10.1. The Morgan fingerprint density at radius 1 is 1.06 bits per heavy atom. The lowest BCUT2D eigenvalue weighted by Gasteiger charge is -2.12. The molecule has 0 fully saturated rings. The number of halogens is 1. The van der Waals surface area contributed by atoms with Gasteiger partial charge in [0.25, 0.3) is 0 Å². The van der Waals surface area contributed by atoms with Crippen molar-refractivity contribution in [1.82, 2.24) is 0 Å². The van der Waals surface area contributed by atoms with Crippen molar-refractivity contribution in [1.29, 1.82) is 0 Å². The minimum absolute atomic E-state index is 0.753. The smallest absolute Gasteiger partial charge is 0.0458 e. The van der Waals surface area contributed by atoms with E-state index in [1.807, 2.05) is 13.0 Å². The standard InChI is InChI=1S/C16H18ClN/c1-11-7-8-14(15(17)9-11)10-18-16-6-4-5-12(2)13(16)3/h4-9,18H,10H2,1-3H3. The molecule has 0 atom stereocenters. The lowest BCUT2D eigenvalue weighted by molar-refractivity contribution is 1.13. The minimum Gasteiger partial charge on any atom is -0.381 e. The normalized spacial score (nSPS) is 10.4. The lowest BCUT2D eigenvalue weighted by Crippen LogP contribution is -2.02. The number of hydrogen-bond donors (Lipinski definition) is 1. The van der Waals surface area contributed by atoms with Crippen molar-refractivity contribution in [2.24, 2.45) is 0 Å². The van der Waals surface area contributed by atoms with Gasteiger partial charge in [-0.1, -0.05) is 35.9 Å². The summed E-state index contributed by atoms with van der Waals surface area (Å²) in [5.41, 5.74) is 6.08. The summed E-state index contributed by atoms with van der Waals surface area (Å²) in [7, 11) is 0. The summed E-state index contributed by atoms with van der Waals surface area (Å²) >= 11 is 6.23. The third kappa shape index (κ3) is 2.85. The highest BCUT2D eigenvalue weighted by molar-refractivity contribution is 6.31. The quantitative estimate of drug-likeness (QED) is 0.829. The molecule has 0 aromatic heterocycles. The fraction of sp³-hybridized carbons (Fsp3) is 0.250. The van der Waals surface area contributed by atoms with E-state index in [2.05, 4.69) is 49.5 Å². The van der Waals surface area contributed by atoms with E-state index in [-0.39, 0.29) is 0 Å². The first-order chi connectivity index (χ1) is 8.58. The van der Waals surface area contributed by atoms with E-state index in [1.165, 1.54) is 22.4 Å². The average molecular weight is 260 g/mol. The molecule has 1 nitrogen and oxygen atoms in total. The van der Waals surface area contributed by atoms with Crippen LogP contribution in [0.5, 0.6) is 0 Å². The van der Waals surface area contributed by atoms with Crippen LogP contribution in [0.25, 0.3) is 0 Å². The zero-order valence-electron chi connectivity index (χ0n) is 11.0. The first-order valence-corrected chi connectivity index (χ1v) is 6.51. The van der Waals surface area contributed by atoms with Crippen molar-refractivity contribution < 1.29 is 0 Å². The minimum atomic E-state index is 0.753. The second kappa shape index (κ2) is 5.45. The summed E-state index contributed by atoms with van der Waals surface area (Å²) < 4.78 is 0. The van der Waals surface area contributed by atoms with Crippen molar-refractivity contribution in [3.8, 4) is 0 Å². The number of anilines is 1. The summed E-state index contributed by atoms with van der Waals surface area (Å²) in [6.45, 7) is 7.06. The average Bonchev–Trinajstić information content (AvgIpc) is 2.33. The molecule has 0 radical (unpaired) electrons. The number of hydrogen-bond acceptors (Lipinski definition) is 1. The van der Waals surface area contributed by atoms with Crippen molar-refractivity contribution >= 4 is 17.3 Å². The van der Waals surface area contributed by atoms with Gasteiger partial charge in [0, 0.05) is 17.3 Å². The molecule has 18 heavy (non-hydrogen) atoms. The zero-order chi connectivity index (χ0) is 13.1. The molecule has 2 aromatic rings. The molecule has 0 unspecified atom stereocenters. The second-order valence-electron chi connectivity index (χ2n) is 4.70. The Morgan fingerprint density at radius 2 is 1.83 bits per heavy atom. The Labute approximate surface area is 114 Å². The SMILES string of the molecule is Cc1ccc(CNc2cccc(C)c2C)c(Cl)c1. The Morgan fingerprint density at radius 3 is 2.56 bits per heavy atom. The molecule has 2 heteroatoms.